The van der Waals surface area contributed by atoms with Crippen molar-refractivity contribution in [2.24, 2.45) is 4.99 Å². The van der Waals surface area contributed by atoms with Crippen LogP contribution in [0.3, 0.4) is 0 Å². The minimum atomic E-state index is -0.299. The maximum Gasteiger partial charge on any atom is 0.226 e. The number of hydrogen-bond acceptors (Lipinski definition) is 3. The lowest BCUT2D eigenvalue weighted by Crippen LogP contribution is -2.37. The third kappa shape index (κ3) is 5.37. The molecule has 0 aliphatic carbocycles. The summed E-state index contributed by atoms with van der Waals surface area (Å²) >= 11 is 0. The van der Waals surface area contributed by atoms with Gasteiger partial charge in [-0.3, -0.25) is 4.99 Å². The van der Waals surface area contributed by atoms with Crippen LogP contribution in [-0.4, -0.2) is 24.5 Å². The summed E-state index contributed by atoms with van der Waals surface area (Å²) in [6, 6.07) is 12.4. The van der Waals surface area contributed by atoms with E-state index in [1.165, 1.54) is 24.3 Å². The molecule has 5 nitrogen and oxygen atoms in total. The molecule has 7 heteroatoms. The molecule has 0 atom stereocenters. The first-order valence-corrected chi connectivity index (χ1v) is 8.53. The number of hydrogen-bond donors (Lipinski definition) is 2. The van der Waals surface area contributed by atoms with Crippen molar-refractivity contribution in [2.75, 3.05) is 13.6 Å². The fourth-order valence-electron chi connectivity index (χ4n) is 2.51. The zero-order valence-electron chi connectivity index (χ0n) is 14.9. The first kappa shape index (κ1) is 18.6. The normalized spacial score (nSPS) is 11.4. The highest BCUT2D eigenvalue weighted by atomic mass is 19.1. The molecule has 0 aliphatic rings. The number of oxazole rings is 1. The molecule has 1 aromatic heterocycles. The summed E-state index contributed by atoms with van der Waals surface area (Å²) in [7, 11) is 1.67. The zero-order valence-corrected chi connectivity index (χ0v) is 14.9. The Bertz CT molecular complexity index is 906. The second kappa shape index (κ2) is 8.93. The number of guanidine groups is 1. The maximum atomic E-state index is 13.2. The Hall–Kier alpha value is -3.22. The van der Waals surface area contributed by atoms with Crippen molar-refractivity contribution in [1.29, 1.82) is 0 Å². The quantitative estimate of drug-likeness (QED) is 0.515. The smallest absolute Gasteiger partial charge is 0.226 e. The average molecular weight is 370 g/mol. The van der Waals surface area contributed by atoms with E-state index in [0.717, 1.165) is 16.8 Å². The molecule has 0 unspecified atom stereocenters. The second-order valence-corrected chi connectivity index (χ2v) is 5.88. The van der Waals surface area contributed by atoms with Crippen molar-refractivity contribution in [2.45, 2.75) is 13.0 Å². The Labute approximate surface area is 156 Å². The van der Waals surface area contributed by atoms with Crippen LogP contribution in [0.1, 0.15) is 11.3 Å². The third-order valence-electron chi connectivity index (χ3n) is 3.89. The number of benzene rings is 2. The number of halogens is 2. The summed E-state index contributed by atoms with van der Waals surface area (Å²) in [4.78, 5) is 8.54. The molecule has 2 N–H and O–H groups in total. The lowest BCUT2D eigenvalue weighted by molar-refractivity contribution is 0.571. The summed E-state index contributed by atoms with van der Waals surface area (Å²) in [5, 5.41) is 6.30. The van der Waals surface area contributed by atoms with Gasteiger partial charge in [-0.15, -0.1) is 0 Å². The number of aliphatic imine (C=N–C) groups is 1. The lowest BCUT2D eigenvalue weighted by atomic mass is 10.2. The van der Waals surface area contributed by atoms with Crippen LogP contribution in [-0.2, 0) is 13.0 Å². The Kier molecular flexibility index (Phi) is 6.14. The van der Waals surface area contributed by atoms with Gasteiger partial charge >= 0.3 is 0 Å². The number of rotatable bonds is 6. The van der Waals surface area contributed by atoms with Gasteiger partial charge in [0, 0.05) is 32.1 Å². The van der Waals surface area contributed by atoms with Crippen molar-refractivity contribution in [3.63, 3.8) is 0 Å². The molecule has 1 heterocycles. The summed E-state index contributed by atoms with van der Waals surface area (Å²) < 4.78 is 31.6. The van der Waals surface area contributed by atoms with Crippen LogP contribution in [0, 0.1) is 11.6 Å². The van der Waals surface area contributed by atoms with Crippen LogP contribution >= 0.6 is 0 Å². The minimum absolute atomic E-state index is 0.264. The zero-order chi connectivity index (χ0) is 19.1. The monoisotopic (exact) mass is 370 g/mol. The van der Waals surface area contributed by atoms with Gasteiger partial charge in [-0.1, -0.05) is 12.1 Å². The fourth-order valence-corrected chi connectivity index (χ4v) is 2.51. The molecule has 3 aromatic rings. The first-order chi connectivity index (χ1) is 13.1. The fraction of sp³-hybridized carbons (Fsp3) is 0.200. The van der Waals surface area contributed by atoms with E-state index in [0.29, 0.717) is 31.4 Å². The molecule has 2 aromatic carbocycles. The van der Waals surface area contributed by atoms with Crippen molar-refractivity contribution in [3.05, 3.63) is 77.7 Å². The van der Waals surface area contributed by atoms with E-state index < -0.39 is 0 Å². The van der Waals surface area contributed by atoms with Gasteiger partial charge in [0.1, 0.15) is 17.9 Å². The van der Waals surface area contributed by atoms with Gasteiger partial charge in [0.15, 0.2) is 5.96 Å². The van der Waals surface area contributed by atoms with Gasteiger partial charge < -0.3 is 15.1 Å². The van der Waals surface area contributed by atoms with E-state index in [2.05, 4.69) is 20.6 Å². The highest BCUT2D eigenvalue weighted by Crippen LogP contribution is 2.18. The minimum Gasteiger partial charge on any atom is -0.444 e. The molecule has 0 saturated heterocycles. The van der Waals surface area contributed by atoms with Crippen molar-refractivity contribution >= 4 is 5.96 Å². The van der Waals surface area contributed by atoms with Gasteiger partial charge in [-0.2, -0.15) is 0 Å². The molecule has 3 rings (SSSR count). The van der Waals surface area contributed by atoms with Crippen molar-refractivity contribution < 1.29 is 13.2 Å². The summed E-state index contributed by atoms with van der Waals surface area (Å²) in [5.74, 6) is 0.507. The molecule has 0 amide bonds. The summed E-state index contributed by atoms with van der Waals surface area (Å²) in [6.45, 7) is 1.06. The number of aromatic nitrogens is 1. The summed E-state index contributed by atoms with van der Waals surface area (Å²) in [5.41, 5.74) is 2.34. The van der Waals surface area contributed by atoms with Gasteiger partial charge in [0.05, 0.1) is 5.69 Å². The van der Waals surface area contributed by atoms with E-state index in [-0.39, 0.29) is 11.6 Å². The van der Waals surface area contributed by atoms with Gasteiger partial charge in [-0.05, 0) is 42.0 Å². The highest BCUT2D eigenvalue weighted by Gasteiger charge is 2.07. The van der Waals surface area contributed by atoms with E-state index >= 15 is 0 Å². The summed E-state index contributed by atoms with van der Waals surface area (Å²) in [6.07, 6.45) is 2.22. The third-order valence-corrected chi connectivity index (χ3v) is 3.89. The Morgan fingerprint density at radius 1 is 1.07 bits per heavy atom. The predicted octanol–water partition coefficient (Wildman–Crippen LogP) is 3.53. The molecule has 140 valence electrons. The van der Waals surface area contributed by atoms with Crippen LogP contribution in [0.25, 0.3) is 11.5 Å². The molecule has 0 saturated carbocycles. The van der Waals surface area contributed by atoms with E-state index in [9.17, 15) is 8.78 Å². The largest absolute Gasteiger partial charge is 0.444 e. The molecule has 0 fully saturated rings. The number of nitrogens with zero attached hydrogens (tertiary/aromatic N) is 2. The van der Waals surface area contributed by atoms with Crippen LogP contribution in [0.4, 0.5) is 8.78 Å². The lowest BCUT2D eigenvalue weighted by Gasteiger charge is -2.11. The predicted molar refractivity (Wildman–Crippen MR) is 100 cm³/mol. The Morgan fingerprint density at radius 2 is 1.89 bits per heavy atom. The van der Waals surface area contributed by atoms with Crippen molar-refractivity contribution in [1.82, 2.24) is 15.6 Å². The molecular weight excluding hydrogens is 350 g/mol. The van der Waals surface area contributed by atoms with Crippen molar-refractivity contribution in [3.8, 4) is 11.5 Å². The molecule has 0 bridgehead atoms. The van der Waals surface area contributed by atoms with Crippen LogP contribution in [0.2, 0.25) is 0 Å². The molecule has 27 heavy (non-hydrogen) atoms. The molecule has 0 radical (unpaired) electrons. The maximum absolute atomic E-state index is 13.2. The molecular formula is C20H20F2N4O. The standard InChI is InChI=1S/C20H20F2N4O/c1-23-20(25-12-14-3-2-4-17(22)11-14)24-10-9-18-13-27-19(26-18)15-5-7-16(21)8-6-15/h2-8,11,13H,9-10,12H2,1H3,(H2,23,24,25). The van der Waals surface area contributed by atoms with E-state index in [1.807, 2.05) is 6.07 Å². The SMILES string of the molecule is CN=C(NCCc1coc(-c2ccc(F)cc2)n1)NCc1cccc(F)c1. The van der Waals surface area contributed by atoms with Crippen LogP contribution < -0.4 is 10.6 Å². The Morgan fingerprint density at radius 3 is 2.63 bits per heavy atom. The van der Waals surface area contributed by atoms with E-state index in [4.69, 9.17) is 4.42 Å². The second-order valence-electron chi connectivity index (χ2n) is 5.88. The topological polar surface area (TPSA) is 62.5 Å². The van der Waals surface area contributed by atoms with Crippen LogP contribution in [0.5, 0.6) is 0 Å². The average Bonchev–Trinajstić information content (AvgIpc) is 3.14. The van der Waals surface area contributed by atoms with Gasteiger partial charge in [-0.25, -0.2) is 13.8 Å². The molecule has 0 aliphatic heterocycles. The highest BCUT2D eigenvalue weighted by molar-refractivity contribution is 5.79. The van der Waals surface area contributed by atoms with Crippen LogP contribution in [0.15, 0.2) is 64.2 Å². The Balaban J connectivity index is 1.47. The molecule has 0 spiro atoms. The van der Waals surface area contributed by atoms with Gasteiger partial charge in [0.2, 0.25) is 5.89 Å². The van der Waals surface area contributed by atoms with E-state index in [1.54, 1.807) is 31.5 Å². The number of nitrogens with one attached hydrogen (secondary N) is 2. The first-order valence-electron chi connectivity index (χ1n) is 8.53. The van der Waals surface area contributed by atoms with Gasteiger partial charge in [0.25, 0.3) is 0 Å².